The molecule has 0 aromatic carbocycles. The normalized spacial score (nSPS) is 9.87. The maximum atomic E-state index is 11.6. The monoisotopic (exact) mass is 203 g/mol. The number of hydrogen-bond acceptors (Lipinski definition) is 4. The first-order valence-corrected chi connectivity index (χ1v) is 4.27. The van der Waals surface area contributed by atoms with Gasteiger partial charge in [0.25, 0.3) is 5.91 Å². The number of pyridine rings is 1. The Morgan fingerprint density at radius 3 is 2.73 bits per heavy atom. The number of H-pyrrole nitrogens is 1. The van der Waals surface area contributed by atoms with Gasteiger partial charge in [0.15, 0.2) is 0 Å². The highest BCUT2D eigenvalue weighted by atomic mass is 16.1. The molecule has 2 heterocycles. The number of amides is 1. The molecular weight excluding hydrogens is 194 g/mol. The Bertz CT molecular complexity index is 464. The summed E-state index contributed by atoms with van der Waals surface area (Å²) in [7, 11) is 0. The molecule has 0 radical (unpaired) electrons. The second kappa shape index (κ2) is 3.79. The lowest BCUT2D eigenvalue weighted by molar-refractivity contribution is 0.102. The van der Waals surface area contributed by atoms with Gasteiger partial charge in [-0.25, -0.2) is 0 Å². The van der Waals surface area contributed by atoms with Crippen LogP contribution in [0.25, 0.3) is 0 Å². The number of nitrogens with two attached hydrogens (primary N) is 1. The number of nitrogens with zero attached hydrogens (tertiary/aromatic N) is 2. The molecule has 2 aromatic rings. The molecule has 2 aromatic heterocycles. The topological polar surface area (TPSA) is 96.7 Å². The van der Waals surface area contributed by atoms with Crippen LogP contribution in [-0.4, -0.2) is 21.1 Å². The van der Waals surface area contributed by atoms with E-state index in [1.807, 2.05) is 0 Å². The standard InChI is InChI=1S/C9H9N5O/c10-7-5-12-14-8(7)9(15)13-6-1-3-11-4-2-6/h1-5H,10H2,(H,12,14)(H,11,13,15). The van der Waals surface area contributed by atoms with Gasteiger partial charge in [0.05, 0.1) is 11.9 Å². The van der Waals surface area contributed by atoms with Crippen LogP contribution in [0.3, 0.4) is 0 Å². The molecule has 6 nitrogen and oxygen atoms in total. The molecular formula is C9H9N5O. The maximum Gasteiger partial charge on any atom is 0.275 e. The van der Waals surface area contributed by atoms with E-state index in [0.29, 0.717) is 11.4 Å². The van der Waals surface area contributed by atoms with Gasteiger partial charge in [-0.2, -0.15) is 5.10 Å². The minimum Gasteiger partial charge on any atom is -0.396 e. The van der Waals surface area contributed by atoms with Crippen LogP contribution in [0.2, 0.25) is 0 Å². The van der Waals surface area contributed by atoms with E-state index in [4.69, 9.17) is 5.73 Å². The Hall–Kier alpha value is -2.37. The molecule has 6 heteroatoms. The van der Waals surface area contributed by atoms with E-state index in [2.05, 4.69) is 20.5 Å². The van der Waals surface area contributed by atoms with Gasteiger partial charge in [-0.05, 0) is 12.1 Å². The molecule has 1 amide bonds. The molecule has 76 valence electrons. The summed E-state index contributed by atoms with van der Waals surface area (Å²) in [6, 6.07) is 3.37. The number of rotatable bonds is 2. The molecule has 0 fully saturated rings. The van der Waals surface area contributed by atoms with Crippen LogP contribution < -0.4 is 11.1 Å². The quantitative estimate of drug-likeness (QED) is 0.667. The number of aromatic amines is 1. The van der Waals surface area contributed by atoms with Crippen LogP contribution in [-0.2, 0) is 0 Å². The highest BCUT2D eigenvalue weighted by Gasteiger charge is 2.11. The number of hydrogen-bond donors (Lipinski definition) is 3. The van der Waals surface area contributed by atoms with Crippen LogP contribution in [0.15, 0.2) is 30.7 Å². The van der Waals surface area contributed by atoms with Gasteiger partial charge in [0.2, 0.25) is 0 Å². The van der Waals surface area contributed by atoms with Crippen molar-refractivity contribution in [1.29, 1.82) is 0 Å². The molecule has 0 atom stereocenters. The van der Waals surface area contributed by atoms with E-state index in [9.17, 15) is 4.79 Å². The van der Waals surface area contributed by atoms with Crippen molar-refractivity contribution in [2.45, 2.75) is 0 Å². The minimum absolute atomic E-state index is 0.256. The summed E-state index contributed by atoms with van der Waals surface area (Å²) in [6.45, 7) is 0. The van der Waals surface area contributed by atoms with Crippen molar-refractivity contribution in [2.75, 3.05) is 11.1 Å². The minimum atomic E-state index is -0.323. The number of aromatic nitrogens is 3. The summed E-state index contributed by atoms with van der Waals surface area (Å²) in [5, 5.41) is 8.84. The zero-order chi connectivity index (χ0) is 10.7. The summed E-state index contributed by atoms with van der Waals surface area (Å²) in [6.07, 6.45) is 4.57. The van der Waals surface area contributed by atoms with Crippen molar-refractivity contribution in [3.63, 3.8) is 0 Å². The molecule has 4 N–H and O–H groups in total. The Morgan fingerprint density at radius 2 is 2.13 bits per heavy atom. The first kappa shape index (κ1) is 9.20. The van der Waals surface area contributed by atoms with Crippen LogP contribution in [0.4, 0.5) is 11.4 Å². The van der Waals surface area contributed by atoms with Crippen molar-refractivity contribution < 1.29 is 4.79 Å². The van der Waals surface area contributed by atoms with Gasteiger partial charge in [0, 0.05) is 18.1 Å². The van der Waals surface area contributed by atoms with Crippen molar-refractivity contribution in [3.05, 3.63) is 36.4 Å². The predicted molar refractivity (Wildman–Crippen MR) is 55.2 cm³/mol. The summed E-state index contributed by atoms with van der Waals surface area (Å²) in [4.78, 5) is 15.5. The molecule has 2 rings (SSSR count). The maximum absolute atomic E-state index is 11.6. The fourth-order valence-electron chi connectivity index (χ4n) is 1.11. The number of nitrogen functional groups attached to an aromatic ring is 1. The highest BCUT2D eigenvalue weighted by Crippen LogP contribution is 2.10. The summed E-state index contributed by atoms with van der Waals surface area (Å²) >= 11 is 0. The molecule has 0 bridgehead atoms. The third-order valence-corrected chi connectivity index (χ3v) is 1.83. The molecule has 0 aliphatic heterocycles. The zero-order valence-corrected chi connectivity index (χ0v) is 7.77. The van der Waals surface area contributed by atoms with Gasteiger partial charge in [-0.3, -0.25) is 14.9 Å². The van der Waals surface area contributed by atoms with Gasteiger partial charge in [-0.1, -0.05) is 0 Å². The van der Waals surface area contributed by atoms with Crippen molar-refractivity contribution in [3.8, 4) is 0 Å². The number of nitrogens with one attached hydrogen (secondary N) is 2. The second-order valence-electron chi connectivity index (χ2n) is 2.89. The molecule has 15 heavy (non-hydrogen) atoms. The number of carbonyl (C=O) groups is 1. The summed E-state index contributed by atoms with van der Waals surface area (Å²) in [5.41, 5.74) is 6.76. The van der Waals surface area contributed by atoms with Crippen molar-refractivity contribution in [2.24, 2.45) is 0 Å². The first-order valence-electron chi connectivity index (χ1n) is 4.27. The zero-order valence-electron chi connectivity index (χ0n) is 7.77. The second-order valence-corrected chi connectivity index (χ2v) is 2.89. The van der Waals surface area contributed by atoms with E-state index in [1.54, 1.807) is 24.5 Å². The fraction of sp³-hybridized carbons (Fsp3) is 0. The van der Waals surface area contributed by atoms with Gasteiger partial charge < -0.3 is 11.1 Å². The predicted octanol–water partition coefficient (Wildman–Crippen LogP) is 0.639. The van der Waals surface area contributed by atoms with Crippen molar-refractivity contribution >= 4 is 17.3 Å². The molecule has 0 saturated heterocycles. The Kier molecular flexibility index (Phi) is 2.32. The Balaban J connectivity index is 2.15. The molecule has 0 aliphatic rings. The van der Waals surface area contributed by atoms with E-state index in [-0.39, 0.29) is 11.6 Å². The highest BCUT2D eigenvalue weighted by molar-refractivity contribution is 6.06. The van der Waals surface area contributed by atoms with Crippen LogP contribution in [0.1, 0.15) is 10.5 Å². The molecule has 0 saturated carbocycles. The molecule has 0 aliphatic carbocycles. The van der Waals surface area contributed by atoms with E-state index in [0.717, 1.165) is 0 Å². The lowest BCUT2D eigenvalue weighted by Gasteiger charge is -2.02. The average molecular weight is 203 g/mol. The summed E-state index contributed by atoms with van der Waals surface area (Å²) in [5.74, 6) is -0.323. The largest absolute Gasteiger partial charge is 0.396 e. The number of anilines is 2. The first-order chi connectivity index (χ1) is 7.27. The lowest BCUT2D eigenvalue weighted by atomic mass is 10.3. The Labute approximate surface area is 85.5 Å². The van der Waals surface area contributed by atoms with Crippen molar-refractivity contribution in [1.82, 2.24) is 15.2 Å². The van der Waals surface area contributed by atoms with Gasteiger partial charge in [0.1, 0.15) is 5.69 Å². The van der Waals surface area contributed by atoms with Crippen LogP contribution >= 0.6 is 0 Å². The molecule has 0 unspecified atom stereocenters. The third-order valence-electron chi connectivity index (χ3n) is 1.83. The fourth-order valence-corrected chi connectivity index (χ4v) is 1.11. The Morgan fingerprint density at radius 1 is 1.40 bits per heavy atom. The number of carbonyl (C=O) groups excluding carboxylic acids is 1. The lowest BCUT2D eigenvalue weighted by Crippen LogP contribution is -2.14. The van der Waals surface area contributed by atoms with E-state index >= 15 is 0 Å². The third kappa shape index (κ3) is 1.93. The van der Waals surface area contributed by atoms with E-state index in [1.165, 1.54) is 6.20 Å². The smallest absolute Gasteiger partial charge is 0.275 e. The van der Waals surface area contributed by atoms with Crippen LogP contribution in [0.5, 0.6) is 0 Å². The van der Waals surface area contributed by atoms with E-state index < -0.39 is 0 Å². The van der Waals surface area contributed by atoms with Gasteiger partial charge in [-0.15, -0.1) is 0 Å². The average Bonchev–Trinajstić information content (AvgIpc) is 2.66. The van der Waals surface area contributed by atoms with Gasteiger partial charge >= 0.3 is 0 Å². The van der Waals surface area contributed by atoms with Crippen LogP contribution in [0, 0.1) is 0 Å². The summed E-state index contributed by atoms with van der Waals surface area (Å²) < 4.78 is 0. The SMILES string of the molecule is Nc1cn[nH]c1C(=O)Nc1ccncc1. The molecule has 0 spiro atoms.